The van der Waals surface area contributed by atoms with Crippen LogP contribution < -0.4 is 5.48 Å². The summed E-state index contributed by atoms with van der Waals surface area (Å²) in [4.78, 5) is 14.9. The highest BCUT2D eigenvalue weighted by Crippen LogP contribution is 2.17. The van der Waals surface area contributed by atoms with E-state index in [4.69, 9.17) is 5.21 Å². The molecule has 4 nitrogen and oxygen atoms in total. The summed E-state index contributed by atoms with van der Waals surface area (Å²) >= 11 is 0. The molecule has 0 spiro atoms. The first kappa shape index (κ1) is 9.54. The average molecular weight is 206 g/mol. The Balaban J connectivity index is 2.67. The SMILES string of the molecule is O=C(NO)c1cc(F)c2ncccc2c1. The van der Waals surface area contributed by atoms with Crippen LogP contribution in [0, 0.1) is 5.82 Å². The molecule has 1 aromatic heterocycles. The Bertz CT molecular complexity index is 528. The molecule has 0 aliphatic rings. The Morgan fingerprint density at radius 1 is 1.47 bits per heavy atom. The van der Waals surface area contributed by atoms with Crippen molar-refractivity contribution < 1.29 is 14.4 Å². The number of carbonyl (C=O) groups excluding carboxylic acids is 1. The molecule has 2 aromatic rings. The Labute approximate surface area is 84.3 Å². The van der Waals surface area contributed by atoms with Crippen LogP contribution in [-0.2, 0) is 0 Å². The highest BCUT2D eigenvalue weighted by atomic mass is 19.1. The van der Waals surface area contributed by atoms with Gasteiger partial charge in [0.05, 0.1) is 0 Å². The van der Waals surface area contributed by atoms with Gasteiger partial charge in [0.1, 0.15) is 11.3 Å². The molecule has 0 fully saturated rings. The van der Waals surface area contributed by atoms with Gasteiger partial charge in [0.25, 0.3) is 5.91 Å². The number of hydrogen-bond acceptors (Lipinski definition) is 3. The third-order valence-corrected chi connectivity index (χ3v) is 2.02. The number of benzene rings is 1. The van der Waals surface area contributed by atoms with Gasteiger partial charge < -0.3 is 0 Å². The number of fused-ring (bicyclic) bond motifs is 1. The van der Waals surface area contributed by atoms with Gasteiger partial charge in [-0.2, -0.15) is 0 Å². The first-order valence-corrected chi connectivity index (χ1v) is 4.21. The van der Waals surface area contributed by atoms with Crippen molar-refractivity contribution in [2.24, 2.45) is 0 Å². The summed E-state index contributed by atoms with van der Waals surface area (Å²) in [7, 11) is 0. The minimum atomic E-state index is -0.750. The lowest BCUT2D eigenvalue weighted by atomic mass is 10.1. The van der Waals surface area contributed by atoms with Crippen LogP contribution >= 0.6 is 0 Å². The van der Waals surface area contributed by atoms with Gasteiger partial charge in [0.2, 0.25) is 0 Å². The van der Waals surface area contributed by atoms with Gasteiger partial charge in [-0.05, 0) is 18.2 Å². The number of pyridine rings is 1. The summed E-state index contributed by atoms with van der Waals surface area (Å²) in [6.45, 7) is 0. The molecule has 5 heteroatoms. The van der Waals surface area contributed by atoms with Crippen molar-refractivity contribution in [2.45, 2.75) is 0 Å². The molecule has 1 amide bonds. The first-order chi connectivity index (χ1) is 7.22. The number of amides is 1. The molecule has 0 aliphatic heterocycles. The van der Waals surface area contributed by atoms with E-state index < -0.39 is 11.7 Å². The Morgan fingerprint density at radius 2 is 2.27 bits per heavy atom. The average Bonchev–Trinajstić information content (AvgIpc) is 2.28. The zero-order valence-electron chi connectivity index (χ0n) is 7.57. The molecular formula is C10H7FN2O2. The van der Waals surface area contributed by atoms with Gasteiger partial charge in [0, 0.05) is 17.1 Å². The fraction of sp³-hybridized carbons (Fsp3) is 0. The Kier molecular flexibility index (Phi) is 2.31. The van der Waals surface area contributed by atoms with Crippen LogP contribution in [0.1, 0.15) is 10.4 Å². The minimum Gasteiger partial charge on any atom is -0.288 e. The zero-order chi connectivity index (χ0) is 10.8. The van der Waals surface area contributed by atoms with E-state index in [1.807, 2.05) is 0 Å². The summed E-state index contributed by atoms with van der Waals surface area (Å²) in [6.07, 6.45) is 1.47. The largest absolute Gasteiger partial charge is 0.288 e. The number of halogens is 1. The number of aromatic nitrogens is 1. The summed E-state index contributed by atoms with van der Waals surface area (Å²) in [5.41, 5.74) is 1.70. The molecule has 0 saturated carbocycles. The van der Waals surface area contributed by atoms with Crippen LogP contribution in [0.15, 0.2) is 30.5 Å². The van der Waals surface area contributed by atoms with E-state index in [9.17, 15) is 9.18 Å². The second-order valence-electron chi connectivity index (χ2n) is 2.97. The lowest BCUT2D eigenvalue weighted by Crippen LogP contribution is -2.18. The van der Waals surface area contributed by atoms with Crippen LogP contribution in [0.4, 0.5) is 4.39 Å². The highest BCUT2D eigenvalue weighted by molar-refractivity contribution is 5.97. The molecule has 0 atom stereocenters. The van der Waals surface area contributed by atoms with Crippen LogP contribution in [0.3, 0.4) is 0 Å². The highest BCUT2D eigenvalue weighted by Gasteiger charge is 2.09. The summed E-state index contributed by atoms with van der Waals surface area (Å²) in [5, 5.41) is 8.92. The van der Waals surface area contributed by atoms with Gasteiger partial charge in [-0.15, -0.1) is 0 Å². The number of nitrogens with zero attached hydrogens (tertiary/aromatic N) is 1. The number of carbonyl (C=O) groups is 1. The Hall–Kier alpha value is -2.01. The van der Waals surface area contributed by atoms with Crippen molar-refractivity contribution in [3.05, 3.63) is 41.8 Å². The molecule has 1 heterocycles. The number of hydroxylamine groups is 1. The van der Waals surface area contributed by atoms with Crippen molar-refractivity contribution in [3.63, 3.8) is 0 Å². The quantitative estimate of drug-likeness (QED) is 0.549. The molecule has 0 bridgehead atoms. The zero-order valence-corrected chi connectivity index (χ0v) is 7.57. The van der Waals surface area contributed by atoms with Crippen molar-refractivity contribution >= 4 is 16.8 Å². The maximum absolute atomic E-state index is 13.4. The molecule has 76 valence electrons. The van der Waals surface area contributed by atoms with Gasteiger partial charge in [-0.1, -0.05) is 6.07 Å². The van der Waals surface area contributed by atoms with E-state index in [-0.39, 0.29) is 11.1 Å². The lowest BCUT2D eigenvalue weighted by Gasteiger charge is -2.02. The van der Waals surface area contributed by atoms with Crippen molar-refractivity contribution in [3.8, 4) is 0 Å². The fourth-order valence-corrected chi connectivity index (χ4v) is 1.34. The van der Waals surface area contributed by atoms with E-state index in [0.717, 1.165) is 6.07 Å². The normalized spacial score (nSPS) is 10.3. The van der Waals surface area contributed by atoms with E-state index in [1.54, 1.807) is 12.1 Å². The number of nitrogens with one attached hydrogen (secondary N) is 1. The standard InChI is InChI=1S/C10H7FN2O2/c11-8-5-7(10(14)13-15)4-6-2-1-3-12-9(6)8/h1-5,15H,(H,13,14). The summed E-state index contributed by atoms with van der Waals surface area (Å²) < 4.78 is 13.4. The second-order valence-corrected chi connectivity index (χ2v) is 2.97. The van der Waals surface area contributed by atoms with E-state index in [0.29, 0.717) is 5.39 Å². The molecular weight excluding hydrogens is 199 g/mol. The van der Waals surface area contributed by atoms with Crippen molar-refractivity contribution in [1.82, 2.24) is 10.5 Å². The number of rotatable bonds is 1. The molecule has 2 rings (SSSR count). The van der Waals surface area contributed by atoms with Gasteiger partial charge in [-0.3, -0.25) is 15.0 Å². The molecule has 0 radical (unpaired) electrons. The van der Waals surface area contributed by atoms with Crippen LogP contribution in [0.2, 0.25) is 0 Å². The molecule has 2 N–H and O–H groups in total. The minimum absolute atomic E-state index is 0.0514. The summed E-state index contributed by atoms with van der Waals surface area (Å²) in [5.74, 6) is -1.34. The smallest absolute Gasteiger partial charge is 0.274 e. The first-order valence-electron chi connectivity index (χ1n) is 4.21. The monoisotopic (exact) mass is 206 g/mol. The predicted molar refractivity (Wildman–Crippen MR) is 51.0 cm³/mol. The Morgan fingerprint density at radius 3 is 3.00 bits per heavy atom. The maximum Gasteiger partial charge on any atom is 0.274 e. The van der Waals surface area contributed by atoms with E-state index >= 15 is 0 Å². The third-order valence-electron chi connectivity index (χ3n) is 2.02. The van der Waals surface area contributed by atoms with Crippen molar-refractivity contribution in [1.29, 1.82) is 0 Å². The van der Waals surface area contributed by atoms with E-state index in [2.05, 4.69) is 4.98 Å². The molecule has 0 saturated heterocycles. The summed E-state index contributed by atoms with van der Waals surface area (Å²) in [6, 6.07) is 5.76. The van der Waals surface area contributed by atoms with Gasteiger partial charge >= 0.3 is 0 Å². The fourth-order valence-electron chi connectivity index (χ4n) is 1.34. The third kappa shape index (κ3) is 1.64. The van der Waals surface area contributed by atoms with Gasteiger partial charge in [-0.25, -0.2) is 9.87 Å². The van der Waals surface area contributed by atoms with Crippen molar-refractivity contribution in [2.75, 3.05) is 0 Å². The van der Waals surface area contributed by atoms with Crippen LogP contribution in [0.5, 0.6) is 0 Å². The lowest BCUT2D eigenvalue weighted by molar-refractivity contribution is 0.0706. The number of hydrogen-bond donors (Lipinski definition) is 2. The molecule has 1 aromatic carbocycles. The van der Waals surface area contributed by atoms with Gasteiger partial charge in [0.15, 0.2) is 0 Å². The van der Waals surface area contributed by atoms with Crippen LogP contribution in [0.25, 0.3) is 10.9 Å². The van der Waals surface area contributed by atoms with Crippen LogP contribution in [-0.4, -0.2) is 16.1 Å². The molecule has 0 unspecified atom stereocenters. The second kappa shape index (κ2) is 3.62. The van der Waals surface area contributed by atoms with E-state index in [1.165, 1.54) is 17.7 Å². The predicted octanol–water partition coefficient (Wildman–Crippen LogP) is 1.49. The molecule has 15 heavy (non-hydrogen) atoms. The maximum atomic E-state index is 13.4. The molecule has 0 aliphatic carbocycles. The topological polar surface area (TPSA) is 62.2 Å².